The molecule has 0 aromatic heterocycles. The van der Waals surface area contributed by atoms with Crippen molar-refractivity contribution in [3.63, 3.8) is 0 Å². The number of ether oxygens (including phenoxy) is 2. The van der Waals surface area contributed by atoms with Crippen molar-refractivity contribution >= 4 is 5.91 Å². The van der Waals surface area contributed by atoms with E-state index in [-0.39, 0.29) is 17.8 Å². The Morgan fingerprint density at radius 1 is 1.33 bits per heavy atom. The van der Waals surface area contributed by atoms with E-state index >= 15 is 0 Å². The zero-order valence-electron chi connectivity index (χ0n) is 12.7. The molecular formula is C15H23FN2O3. The molecule has 1 aromatic carbocycles. The average Bonchev–Trinajstić information content (AvgIpc) is 2.47. The van der Waals surface area contributed by atoms with E-state index in [4.69, 9.17) is 9.47 Å². The summed E-state index contributed by atoms with van der Waals surface area (Å²) in [6.45, 7) is 3.32. The van der Waals surface area contributed by atoms with Crippen molar-refractivity contribution in [2.45, 2.75) is 19.4 Å². The molecular weight excluding hydrogens is 275 g/mol. The molecule has 1 amide bonds. The molecule has 118 valence electrons. The van der Waals surface area contributed by atoms with Crippen LogP contribution < -0.4 is 15.4 Å². The first kappa shape index (κ1) is 17.4. The summed E-state index contributed by atoms with van der Waals surface area (Å²) in [6, 6.07) is 4.58. The molecule has 5 nitrogen and oxygen atoms in total. The van der Waals surface area contributed by atoms with Gasteiger partial charge in [-0.2, -0.15) is 0 Å². The van der Waals surface area contributed by atoms with Crippen LogP contribution in [0.2, 0.25) is 0 Å². The summed E-state index contributed by atoms with van der Waals surface area (Å²) < 4.78 is 23.7. The SMILES string of the molecule is COCCNC(=O)CCNC(C)c1ccc(OC)cc1F. The summed E-state index contributed by atoms with van der Waals surface area (Å²) in [5, 5.41) is 5.85. The van der Waals surface area contributed by atoms with Crippen molar-refractivity contribution in [3.05, 3.63) is 29.6 Å². The number of rotatable bonds is 9. The van der Waals surface area contributed by atoms with Gasteiger partial charge in [-0.15, -0.1) is 0 Å². The standard InChI is InChI=1S/C15H23FN2O3/c1-11(13-5-4-12(21-3)10-14(13)16)17-7-6-15(19)18-8-9-20-2/h4-5,10-11,17H,6-9H2,1-3H3,(H,18,19). The Morgan fingerprint density at radius 2 is 2.10 bits per heavy atom. The molecule has 1 unspecified atom stereocenters. The fourth-order valence-electron chi connectivity index (χ4n) is 1.88. The van der Waals surface area contributed by atoms with E-state index in [1.807, 2.05) is 6.92 Å². The van der Waals surface area contributed by atoms with E-state index in [0.717, 1.165) is 0 Å². The maximum atomic E-state index is 13.9. The number of methoxy groups -OCH3 is 2. The van der Waals surface area contributed by atoms with E-state index in [9.17, 15) is 9.18 Å². The number of hydrogen-bond donors (Lipinski definition) is 2. The third-order valence-corrected chi connectivity index (χ3v) is 3.11. The van der Waals surface area contributed by atoms with Gasteiger partial charge in [0.2, 0.25) is 5.91 Å². The first-order chi connectivity index (χ1) is 10.1. The first-order valence-electron chi connectivity index (χ1n) is 6.91. The molecule has 0 aliphatic carbocycles. The van der Waals surface area contributed by atoms with Gasteiger partial charge in [-0.25, -0.2) is 4.39 Å². The number of halogens is 1. The second-order valence-electron chi connectivity index (χ2n) is 4.66. The molecule has 0 radical (unpaired) electrons. The normalized spacial score (nSPS) is 12.0. The minimum absolute atomic E-state index is 0.0537. The van der Waals surface area contributed by atoms with Crippen LogP contribution in [0, 0.1) is 5.82 Å². The van der Waals surface area contributed by atoms with Crippen molar-refractivity contribution in [1.29, 1.82) is 0 Å². The van der Waals surface area contributed by atoms with Crippen molar-refractivity contribution in [3.8, 4) is 5.75 Å². The van der Waals surface area contributed by atoms with Gasteiger partial charge < -0.3 is 20.1 Å². The molecule has 21 heavy (non-hydrogen) atoms. The second-order valence-corrected chi connectivity index (χ2v) is 4.66. The van der Waals surface area contributed by atoms with Gasteiger partial charge in [-0.3, -0.25) is 4.79 Å². The Hall–Kier alpha value is -1.66. The molecule has 0 fully saturated rings. The molecule has 1 aromatic rings. The van der Waals surface area contributed by atoms with Crippen LogP contribution in [0.15, 0.2) is 18.2 Å². The minimum Gasteiger partial charge on any atom is -0.497 e. The average molecular weight is 298 g/mol. The molecule has 0 spiro atoms. The maximum Gasteiger partial charge on any atom is 0.221 e. The Bertz CT molecular complexity index is 455. The second kappa shape index (κ2) is 9.31. The van der Waals surface area contributed by atoms with Crippen molar-refractivity contribution in [2.24, 2.45) is 0 Å². The predicted octanol–water partition coefficient (Wildman–Crippen LogP) is 1.64. The third-order valence-electron chi connectivity index (χ3n) is 3.11. The Morgan fingerprint density at radius 3 is 2.71 bits per heavy atom. The summed E-state index contributed by atoms with van der Waals surface area (Å²) in [5.74, 6) is 0.113. The molecule has 0 aliphatic rings. The van der Waals surface area contributed by atoms with E-state index in [2.05, 4.69) is 10.6 Å². The largest absolute Gasteiger partial charge is 0.497 e. The number of amides is 1. The highest BCUT2D eigenvalue weighted by Gasteiger charge is 2.11. The summed E-state index contributed by atoms with van der Waals surface area (Å²) in [6.07, 6.45) is 0.339. The van der Waals surface area contributed by atoms with Gasteiger partial charge in [0.15, 0.2) is 0 Å². The molecule has 0 heterocycles. The van der Waals surface area contributed by atoms with Gasteiger partial charge in [0.25, 0.3) is 0 Å². The van der Waals surface area contributed by atoms with Crippen LogP contribution in [-0.4, -0.2) is 39.8 Å². The maximum absolute atomic E-state index is 13.9. The molecule has 0 bridgehead atoms. The summed E-state index contributed by atoms with van der Waals surface area (Å²) in [7, 11) is 3.08. The van der Waals surface area contributed by atoms with Crippen LogP contribution in [0.3, 0.4) is 0 Å². The molecule has 0 aliphatic heterocycles. The van der Waals surface area contributed by atoms with Crippen LogP contribution in [0.1, 0.15) is 24.9 Å². The van der Waals surface area contributed by atoms with Crippen LogP contribution in [0.4, 0.5) is 4.39 Å². The molecule has 1 atom stereocenters. The van der Waals surface area contributed by atoms with E-state index in [1.165, 1.54) is 13.2 Å². The lowest BCUT2D eigenvalue weighted by atomic mass is 10.1. The first-order valence-corrected chi connectivity index (χ1v) is 6.91. The van der Waals surface area contributed by atoms with Gasteiger partial charge >= 0.3 is 0 Å². The van der Waals surface area contributed by atoms with Crippen molar-refractivity contribution in [2.75, 3.05) is 33.9 Å². The Balaban J connectivity index is 2.36. The molecule has 2 N–H and O–H groups in total. The quantitative estimate of drug-likeness (QED) is 0.680. The van der Waals surface area contributed by atoms with Gasteiger partial charge in [0.1, 0.15) is 11.6 Å². The highest BCUT2D eigenvalue weighted by molar-refractivity contribution is 5.76. The fourth-order valence-corrected chi connectivity index (χ4v) is 1.88. The lowest BCUT2D eigenvalue weighted by Gasteiger charge is -2.15. The lowest BCUT2D eigenvalue weighted by Crippen LogP contribution is -2.31. The highest BCUT2D eigenvalue weighted by Crippen LogP contribution is 2.21. The van der Waals surface area contributed by atoms with E-state index in [1.54, 1.807) is 19.2 Å². The zero-order valence-corrected chi connectivity index (χ0v) is 12.7. The van der Waals surface area contributed by atoms with Crippen molar-refractivity contribution in [1.82, 2.24) is 10.6 Å². The Labute approximate surface area is 124 Å². The van der Waals surface area contributed by atoms with Crippen LogP contribution >= 0.6 is 0 Å². The summed E-state index contributed by atoms with van der Waals surface area (Å²) >= 11 is 0. The van der Waals surface area contributed by atoms with Gasteiger partial charge in [0.05, 0.1) is 13.7 Å². The van der Waals surface area contributed by atoms with E-state index < -0.39 is 0 Å². The number of nitrogens with one attached hydrogen (secondary N) is 2. The van der Waals surface area contributed by atoms with Crippen LogP contribution in [0.25, 0.3) is 0 Å². The zero-order chi connectivity index (χ0) is 15.7. The summed E-state index contributed by atoms with van der Waals surface area (Å²) in [5.41, 5.74) is 0.551. The van der Waals surface area contributed by atoms with Gasteiger partial charge in [0, 0.05) is 44.3 Å². The number of benzene rings is 1. The van der Waals surface area contributed by atoms with Gasteiger partial charge in [-0.1, -0.05) is 6.07 Å². The van der Waals surface area contributed by atoms with E-state index in [0.29, 0.717) is 37.4 Å². The third kappa shape index (κ3) is 6.10. The number of carbonyl (C=O) groups excluding carboxylic acids is 1. The fraction of sp³-hybridized carbons (Fsp3) is 0.533. The van der Waals surface area contributed by atoms with Gasteiger partial charge in [-0.05, 0) is 13.0 Å². The highest BCUT2D eigenvalue weighted by atomic mass is 19.1. The monoisotopic (exact) mass is 298 g/mol. The van der Waals surface area contributed by atoms with Crippen molar-refractivity contribution < 1.29 is 18.7 Å². The predicted molar refractivity (Wildman–Crippen MR) is 78.9 cm³/mol. The smallest absolute Gasteiger partial charge is 0.221 e. The lowest BCUT2D eigenvalue weighted by molar-refractivity contribution is -0.121. The number of hydrogen-bond acceptors (Lipinski definition) is 4. The molecule has 6 heteroatoms. The molecule has 1 rings (SSSR count). The minimum atomic E-state index is -0.320. The topological polar surface area (TPSA) is 59.6 Å². The van der Waals surface area contributed by atoms with Crippen LogP contribution in [0.5, 0.6) is 5.75 Å². The number of carbonyl (C=O) groups is 1. The Kier molecular flexibility index (Phi) is 7.71. The molecule has 0 saturated carbocycles. The summed E-state index contributed by atoms with van der Waals surface area (Å²) in [4.78, 5) is 11.5. The van der Waals surface area contributed by atoms with Crippen LogP contribution in [-0.2, 0) is 9.53 Å². The molecule has 0 saturated heterocycles.